The molecule has 3 N–H and O–H groups in total. The molecular weight excluding hydrogens is 269 g/mol. The van der Waals surface area contributed by atoms with Crippen LogP contribution in [0.4, 0.5) is 5.69 Å². The van der Waals surface area contributed by atoms with Gasteiger partial charge in [-0.25, -0.2) is 0 Å². The van der Waals surface area contributed by atoms with Crippen LogP contribution in [0.5, 0.6) is 5.75 Å². The van der Waals surface area contributed by atoms with Gasteiger partial charge in [-0.15, -0.1) is 0 Å². The molecule has 0 amide bonds. The van der Waals surface area contributed by atoms with E-state index in [9.17, 15) is 13.5 Å². The molecule has 0 saturated carbocycles. The summed E-state index contributed by atoms with van der Waals surface area (Å²) in [5.41, 5.74) is 0.265. The van der Waals surface area contributed by atoms with Gasteiger partial charge in [0.15, 0.2) is 0 Å². The van der Waals surface area contributed by atoms with Gasteiger partial charge in [-0.1, -0.05) is 0 Å². The van der Waals surface area contributed by atoms with Gasteiger partial charge >= 0.3 is 90.2 Å². The summed E-state index contributed by atoms with van der Waals surface area (Å²) in [6.45, 7) is 0. The van der Waals surface area contributed by atoms with Crippen LogP contribution in [0.3, 0.4) is 0 Å². The van der Waals surface area contributed by atoms with E-state index in [0.717, 1.165) is 4.35 Å². The number of anilines is 1. The SMILES string of the molecule is O=S(=O)(O)CNc1cc([As])ccc1O. The molecule has 0 aliphatic carbocycles. The fraction of sp³-hybridized carbons (Fsp3) is 0.143. The Balaban J connectivity index is 2.81. The topological polar surface area (TPSA) is 86.6 Å². The van der Waals surface area contributed by atoms with Crippen LogP contribution in [0, 0.1) is 0 Å². The van der Waals surface area contributed by atoms with Gasteiger partial charge in [0.1, 0.15) is 0 Å². The molecule has 1 rings (SSSR count). The van der Waals surface area contributed by atoms with E-state index in [1.165, 1.54) is 6.07 Å². The van der Waals surface area contributed by atoms with Crippen molar-refractivity contribution in [2.45, 2.75) is 0 Å². The average molecular weight is 277 g/mol. The molecule has 0 aromatic heterocycles. The van der Waals surface area contributed by atoms with Crippen molar-refractivity contribution in [1.82, 2.24) is 0 Å². The van der Waals surface area contributed by atoms with Gasteiger partial charge in [-0.3, -0.25) is 0 Å². The van der Waals surface area contributed by atoms with Crippen LogP contribution in [0.25, 0.3) is 0 Å². The number of phenols is 1. The summed E-state index contributed by atoms with van der Waals surface area (Å²) in [7, 11) is -4.08. The summed E-state index contributed by atoms with van der Waals surface area (Å²) in [5, 5.41) is 11.7. The Morgan fingerprint density at radius 3 is 2.64 bits per heavy atom. The molecule has 2 radical (unpaired) electrons. The Bertz CT molecular complexity index is 431. The van der Waals surface area contributed by atoms with E-state index < -0.39 is 16.0 Å². The molecule has 5 nitrogen and oxygen atoms in total. The first-order chi connectivity index (χ1) is 6.38. The van der Waals surface area contributed by atoms with Crippen molar-refractivity contribution >= 4 is 37.0 Å². The van der Waals surface area contributed by atoms with Crippen molar-refractivity contribution in [2.75, 3.05) is 11.2 Å². The van der Waals surface area contributed by atoms with E-state index in [2.05, 4.69) is 22.2 Å². The number of phenolic OH excluding ortho intramolecular Hbond substituents is 1. The van der Waals surface area contributed by atoms with Gasteiger partial charge in [0, 0.05) is 0 Å². The Labute approximate surface area is 90.4 Å². The number of hydrogen-bond donors (Lipinski definition) is 3. The minimum atomic E-state index is -4.08. The Kier molecular flexibility index (Phi) is 3.42. The summed E-state index contributed by atoms with van der Waals surface area (Å²) in [5.74, 6) is -0.694. The first kappa shape index (κ1) is 11.4. The van der Waals surface area contributed by atoms with Crippen molar-refractivity contribution in [2.24, 2.45) is 0 Å². The average Bonchev–Trinajstić information content (AvgIpc) is 2.05. The zero-order valence-corrected chi connectivity index (χ0v) is 9.70. The van der Waals surface area contributed by atoms with Crippen LogP contribution in [-0.4, -0.2) is 40.8 Å². The fourth-order valence-corrected chi connectivity index (χ4v) is 1.60. The van der Waals surface area contributed by atoms with E-state index in [0.29, 0.717) is 0 Å². The Hall–Kier alpha value is -0.712. The zero-order chi connectivity index (χ0) is 10.8. The molecular formula is C7H8AsNO4S. The molecule has 0 aliphatic heterocycles. The first-order valence-corrected chi connectivity index (χ1v) is 6.14. The van der Waals surface area contributed by atoms with Crippen molar-refractivity contribution < 1.29 is 18.1 Å². The molecule has 0 atom stereocenters. The van der Waals surface area contributed by atoms with Crippen LogP contribution in [0.1, 0.15) is 0 Å². The molecule has 0 aliphatic rings. The van der Waals surface area contributed by atoms with E-state index in [4.69, 9.17) is 4.55 Å². The Morgan fingerprint density at radius 2 is 2.07 bits per heavy atom. The summed E-state index contributed by atoms with van der Waals surface area (Å²) in [6, 6.07) is 4.65. The second-order valence-electron chi connectivity index (χ2n) is 2.60. The van der Waals surface area contributed by atoms with Crippen LogP contribution in [0.15, 0.2) is 18.2 Å². The molecule has 0 heterocycles. The molecule has 14 heavy (non-hydrogen) atoms. The number of aromatic hydroxyl groups is 1. The number of hydrogen-bond acceptors (Lipinski definition) is 4. The van der Waals surface area contributed by atoms with Crippen molar-refractivity contribution in [3.8, 4) is 5.75 Å². The first-order valence-electron chi connectivity index (χ1n) is 3.59. The molecule has 1 aromatic rings. The van der Waals surface area contributed by atoms with Crippen LogP contribution in [-0.2, 0) is 10.1 Å². The van der Waals surface area contributed by atoms with Crippen LogP contribution >= 0.6 is 0 Å². The van der Waals surface area contributed by atoms with Gasteiger partial charge in [-0.2, -0.15) is 0 Å². The molecule has 76 valence electrons. The number of nitrogens with one attached hydrogen (secondary N) is 1. The van der Waals surface area contributed by atoms with E-state index in [1.807, 2.05) is 0 Å². The quantitative estimate of drug-likeness (QED) is 0.392. The molecule has 7 heteroatoms. The molecule has 0 unspecified atom stereocenters. The van der Waals surface area contributed by atoms with Gasteiger partial charge < -0.3 is 0 Å². The minimum absolute atomic E-state index is 0.0662. The monoisotopic (exact) mass is 277 g/mol. The number of benzene rings is 1. The molecule has 1 aromatic carbocycles. The third kappa shape index (κ3) is 3.57. The van der Waals surface area contributed by atoms with Gasteiger partial charge in [0.25, 0.3) is 0 Å². The van der Waals surface area contributed by atoms with Crippen LogP contribution < -0.4 is 9.67 Å². The third-order valence-electron chi connectivity index (χ3n) is 1.43. The van der Waals surface area contributed by atoms with E-state index >= 15 is 0 Å². The predicted molar refractivity (Wildman–Crippen MR) is 53.5 cm³/mol. The van der Waals surface area contributed by atoms with E-state index in [1.54, 1.807) is 12.1 Å². The van der Waals surface area contributed by atoms with Crippen molar-refractivity contribution in [3.05, 3.63) is 18.2 Å². The van der Waals surface area contributed by atoms with Crippen molar-refractivity contribution in [3.63, 3.8) is 0 Å². The summed E-state index contributed by atoms with van der Waals surface area (Å²) in [4.78, 5) is 0. The molecule has 0 bridgehead atoms. The molecule has 0 spiro atoms. The summed E-state index contributed by atoms with van der Waals surface area (Å²) < 4.78 is 30.1. The molecule has 0 saturated heterocycles. The fourth-order valence-electron chi connectivity index (χ4n) is 0.835. The maximum atomic E-state index is 10.4. The van der Waals surface area contributed by atoms with Gasteiger partial charge in [0.2, 0.25) is 0 Å². The third-order valence-corrected chi connectivity index (χ3v) is 2.52. The standard InChI is InChI=1S/C7H8AsNO4S/c8-5-1-2-7(10)6(3-5)9-4-14(11,12)13/h1-3,9-10H,4H2,(H,11,12,13). The molecule has 0 fully saturated rings. The maximum absolute atomic E-state index is 10.4. The summed E-state index contributed by atoms with van der Waals surface area (Å²) in [6.07, 6.45) is 0. The van der Waals surface area contributed by atoms with Crippen molar-refractivity contribution in [1.29, 1.82) is 0 Å². The van der Waals surface area contributed by atoms with Gasteiger partial charge in [0.05, 0.1) is 0 Å². The number of rotatable bonds is 3. The van der Waals surface area contributed by atoms with E-state index in [-0.39, 0.29) is 11.4 Å². The Morgan fingerprint density at radius 1 is 1.43 bits per heavy atom. The second-order valence-corrected chi connectivity index (χ2v) is 5.14. The zero-order valence-electron chi connectivity index (χ0n) is 7.01. The van der Waals surface area contributed by atoms with Gasteiger partial charge in [-0.05, 0) is 0 Å². The predicted octanol–water partition coefficient (Wildman–Crippen LogP) is -0.557. The summed E-state index contributed by atoms with van der Waals surface area (Å²) >= 11 is 2.25. The normalized spacial score (nSPS) is 11.3. The van der Waals surface area contributed by atoms with Crippen LogP contribution in [0.2, 0.25) is 0 Å². The second kappa shape index (κ2) is 4.21.